The summed E-state index contributed by atoms with van der Waals surface area (Å²) in [7, 11) is 0. The molecule has 0 N–H and O–H groups in total. The Morgan fingerprint density at radius 2 is 1.55 bits per heavy atom. The lowest BCUT2D eigenvalue weighted by Crippen LogP contribution is -2.46. The van der Waals surface area contributed by atoms with Gasteiger partial charge in [-0.3, -0.25) is 0 Å². The molecule has 1 aromatic heterocycles. The lowest BCUT2D eigenvalue weighted by molar-refractivity contribution is -0.137. The molecule has 0 unspecified atom stereocenters. The second-order valence-electron chi connectivity index (χ2n) is 5.14. The van der Waals surface area contributed by atoms with E-state index in [1.807, 2.05) is 12.1 Å². The third-order valence-corrected chi connectivity index (χ3v) is 3.76. The highest BCUT2D eigenvalue weighted by atomic mass is 19.4. The molecule has 0 spiro atoms. The van der Waals surface area contributed by atoms with Crippen LogP contribution in [-0.4, -0.2) is 31.2 Å². The molecule has 0 atom stereocenters. The Morgan fingerprint density at radius 1 is 0.909 bits per heavy atom. The molecule has 0 amide bonds. The molecule has 0 aliphatic carbocycles. The van der Waals surface area contributed by atoms with Crippen LogP contribution in [-0.2, 0) is 6.18 Å². The smallest absolute Gasteiger partial charge is 0.368 e. The molecule has 1 radical (unpaired) electrons. The van der Waals surface area contributed by atoms with E-state index < -0.39 is 11.7 Å². The molecular formula is C16H15F3N3. The van der Waals surface area contributed by atoms with Crippen molar-refractivity contribution in [2.75, 3.05) is 36.0 Å². The van der Waals surface area contributed by atoms with Crippen LogP contribution in [0, 0.1) is 6.07 Å². The third kappa shape index (κ3) is 3.16. The first kappa shape index (κ1) is 14.7. The number of rotatable bonds is 2. The molecule has 1 saturated heterocycles. The topological polar surface area (TPSA) is 19.4 Å². The van der Waals surface area contributed by atoms with Crippen LogP contribution in [0.25, 0.3) is 0 Å². The number of piperazine rings is 1. The molecule has 3 rings (SSSR count). The molecule has 22 heavy (non-hydrogen) atoms. The number of pyridine rings is 1. The molecule has 0 bridgehead atoms. The molecule has 1 aliphatic rings. The minimum Gasteiger partial charge on any atom is -0.368 e. The standard InChI is InChI=1S/C16H15F3N3/c17-16(18,19)13-4-6-14(7-5-13)21-9-11-22(12-10-21)15-3-1-2-8-20-15/h1,3-8H,9-12H2. The van der Waals surface area contributed by atoms with Crippen LogP contribution in [0.2, 0.25) is 0 Å². The van der Waals surface area contributed by atoms with Gasteiger partial charge in [-0.1, -0.05) is 0 Å². The predicted octanol–water partition coefficient (Wildman–Crippen LogP) is 3.23. The second kappa shape index (κ2) is 5.87. The fourth-order valence-electron chi connectivity index (χ4n) is 2.55. The Morgan fingerprint density at radius 3 is 2.09 bits per heavy atom. The van der Waals surface area contributed by atoms with E-state index in [4.69, 9.17) is 0 Å². The summed E-state index contributed by atoms with van der Waals surface area (Å²) in [6, 6.07) is 12.0. The fraction of sp³-hybridized carbons (Fsp3) is 0.312. The Balaban J connectivity index is 1.64. The van der Waals surface area contributed by atoms with Crippen LogP contribution in [0.3, 0.4) is 0 Å². The van der Waals surface area contributed by atoms with Crippen molar-refractivity contribution < 1.29 is 13.2 Å². The highest BCUT2D eigenvalue weighted by molar-refractivity contribution is 5.50. The molecule has 1 fully saturated rings. The van der Waals surface area contributed by atoms with E-state index in [1.165, 1.54) is 12.1 Å². The Hall–Kier alpha value is -2.24. The zero-order valence-electron chi connectivity index (χ0n) is 11.8. The van der Waals surface area contributed by atoms with E-state index in [2.05, 4.69) is 20.9 Å². The maximum Gasteiger partial charge on any atom is 0.416 e. The summed E-state index contributed by atoms with van der Waals surface area (Å²) in [5, 5.41) is 0. The Bertz CT molecular complexity index is 603. The van der Waals surface area contributed by atoms with Crippen molar-refractivity contribution in [1.82, 2.24) is 4.98 Å². The average Bonchev–Trinajstić information content (AvgIpc) is 2.55. The van der Waals surface area contributed by atoms with Crippen LogP contribution in [0.1, 0.15) is 5.56 Å². The molecule has 1 aliphatic heterocycles. The molecular weight excluding hydrogens is 291 g/mol. The van der Waals surface area contributed by atoms with Crippen molar-refractivity contribution in [3.8, 4) is 0 Å². The number of hydrogen-bond donors (Lipinski definition) is 0. The maximum atomic E-state index is 12.6. The molecule has 3 nitrogen and oxygen atoms in total. The SMILES string of the molecule is FC(F)(F)c1ccc(N2CCN(c3cc[c]cn3)CC2)cc1. The maximum absolute atomic E-state index is 12.6. The van der Waals surface area contributed by atoms with Gasteiger partial charge in [-0.05, 0) is 36.4 Å². The Labute approximate surface area is 127 Å². The van der Waals surface area contributed by atoms with Crippen molar-refractivity contribution >= 4 is 11.5 Å². The summed E-state index contributed by atoms with van der Waals surface area (Å²) in [6.45, 7) is 3.09. The van der Waals surface area contributed by atoms with E-state index in [1.54, 1.807) is 6.20 Å². The largest absolute Gasteiger partial charge is 0.416 e. The number of nitrogens with zero attached hydrogens (tertiary/aromatic N) is 3. The normalized spacial score (nSPS) is 16.0. The average molecular weight is 306 g/mol. The summed E-state index contributed by atoms with van der Waals surface area (Å²) in [4.78, 5) is 8.52. The highest BCUT2D eigenvalue weighted by Crippen LogP contribution is 2.30. The van der Waals surface area contributed by atoms with Gasteiger partial charge >= 0.3 is 6.18 Å². The molecule has 115 valence electrons. The van der Waals surface area contributed by atoms with Gasteiger partial charge in [0.05, 0.1) is 5.56 Å². The first-order chi connectivity index (χ1) is 10.5. The van der Waals surface area contributed by atoms with Gasteiger partial charge in [-0.15, -0.1) is 0 Å². The number of hydrogen-bond acceptors (Lipinski definition) is 3. The van der Waals surface area contributed by atoms with E-state index in [9.17, 15) is 13.2 Å². The number of halogens is 3. The van der Waals surface area contributed by atoms with E-state index in [0.29, 0.717) is 0 Å². The zero-order valence-corrected chi connectivity index (χ0v) is 11.8. The third-order valence-electron chi connectivity index (χ3n) is 3.76. The van der Waals surface area contributed by atoms with Gasteiger partial charge in [0.1, 0.15) is 5.82 Å². The van der Waals surface area contributed by atoms with E-state index in [0.717, 1.165) is 49.8 Å². The molecule has 2 aromatic rings. The summed E-state index contributed by atoms with van der Waals surface area (Å²) >= 11 is 0. The minimum absolute atomic E-state index is 0.611. The zero-order chi connectivity index (χ0) is 15.6. The lowest BCUT2D eigenvalue weighted by atomic mass is 10.1. The van der Waals surface area contributed by atoms with Crippen molar-refractivity contribution in [2.45, 2.75) is 6.18 Å². The van der Waals surface area contributed by atoms with Crippen molar-refractivity contribution in [2.24, 2.45) is 0 Å². The quantitative estimate of drug-likeness (QED) is 0.849. The van der Waals surface area contributed by atoms with Gasteiger partial charge in [0.25, 0.3) is 0 Å². The number of benzene rings is 1. The first-order valence-corrected chi connectivity index (χ1v) is 7.03. The van der Waals surface area contributed by atoms with Crippen molar-refractivity contribution in [3.05, 3.63) is 54.2 Å². The van der Waals surface area contributed by atoms with Gasteiger partial charge in [0.15, 0.2) is 0 Å². The summed E-state index contributed by atoms with van der Waals surface area (Å²) in [5.74, 6) is 0.908. The van der Waals surface area contributed by atoms with Crippen LogP contribution < -0.4 is 9.80 Å². The molecule has 2 heterocycles. The van der Waals surface area contributed by atoms with E-state index in [-0.39, 0.29) is 0 Å². The van der Waals surface area contributed by atoms with E-state index >= 15 is 0 Å². The van der Waals surface area contributed by atoms with Crippen molar-refractivity contribution in [1.29, 1.82) is 0 Å². The Kier molecular flexibility index (Phi) is 3.92. The van der Waals surface area contributed by atoms with Gasteiger partial charge < -0.3 is 9.80 Å². The lowest BCUT2D eigenvalue weighted by Gasteiger charge is -2.36. The first-order valence-electron chi connectivity index (χ1n) is 7.03. The molecule has 0 saturated carbocycles. The highest BCUT2D eigenvalue weighted by Gasteiger charge is 2.30. The van der Waals surface area contributed by atoms with Crippen LogP contribution in [0.4, 0.5) is 24.7 Å². The second-order valence-corrected chi connectivity index (χ2v) is 5.14. The van der Waals surface area contributed by atoms with Gasteiger partial charge in [0, 0.05) is 44.1 Å². The number of aromatic nitrogens is 1. The van der Waals surface area contributed by atoms with Gasteiger partial charge in [-0.2, -0.15) is 13.2 Å². The number of alkyl halides is 3. The van der Waals surface area contributed by atoms with Gasteiger partial charge in [-0.25, -0.2) is 4.98 Å². The van der Waals surface area contributed by atoms with Gasteiger partial charge in [0.2, 0.25) is 0 Å². The minimum atomic E-state index is -4.28. The molecule has 1 aromatic carbocycles. The fourth-order valence-corrected chi connectivity index (χ4v) is 2.55. The van der Waals surface area contributed by atoms with Crippen molar-refractivity contribution in [3.63, 3.8) is 0 Å². The summed E-state index contributed by atoms with van der Waals surface area (Å²) < 4.78 is 37.7. The predicted molar refractivity (Wildman–Crippen MR) is 78.9 cm³/mol. The summed E-state index contributed by atoms with van der Waals surface area (Å²) in [5.41, 5.74) is 0.210. The summed E-state index contributed by atoms with van der Waals surface area (Å²) in [6.07, 6.45) is -2.65. The molecule has 6 heteroatoms. The number of anilines is 2. The van der Waals surface area contributed by atoms with Crippen LogP contribution >= 0.6 is 0 Å². The monoisotopic (exact) mass is 306 g/mol. The van der Waals surface area contributed by atoms with Crippen LogP contribution in [0.15, 0.2) is 42.6 Å². The van der Waals surface area contributed by atoms with Crippen LogP contribution in [0.5, 0.6) is 0 Å².